The molecule has 2 aromatic rings. The van der Waals surface area contributed by atoms with E-state index in [-0.39, 0.29) is 16.5 Å². The summed E-state index contributed by atoms with van der Waals surface area (Å²) in [4.78, 5) is 27.3. The predicted molar refractivity (Wildman–Crippen MR) is 79.9 cm³/mol. The summed E-state index contributed by atoms with van der Waals surface area (Å²) in [5.41, 5.74) is -0.942. The summed E-state index contributed by atoms with van der Waals surface area (Å²) in [5, 5.41) is 0. The van der Waals surface area contributed by atoms with Crippen molar-refractivity contribution in [1.29, 1.82) is 0 Å². The molecule has 0 aliphatic heterocycles. The number of hydrogen-bond acceptors (Lipinski definition) is 4. The van der Waals surface area contributed by atoms with Crippen LogP contribution in [0.4, 0.5) is 0 Å². The van der Waals surface area contributed by atoms with E-state index in [2.05, 4.69) is 14.7 Å². The quantitative estimate of drug-likeness (QED) is 0.705. The Kier molecular flexibility index (Phi) is 4.29. The van der Waals surface area contributed by atoms with Gasteiger partial charge in [-0.05, 0) is 31.5 Å². The average molecular weight is 311 g/mol. The van der Waals surface area contributed by atoms with E-state index in [1.165, 1.54) is 18.2 Å². The van der Waals surface area contributed by atoms with Crippen LogP contribution in [0.3, 0.4) is 0 Å². The SMILES string of the molecule is CCCC(C)NS(=O)(=O)c1ccc2[nH]c(=O)c(=O)[nH]c2c1. The van der Waals surface area contributed by atoms with Crippen LogP contribution >= 0.6 is 0 Å². The molecule has 1 atom stereocenters. The maximum atomic E-state index is 12.2. The highest BCUT2D eigenvalue weighted by Gasteiger charge is 2.17. The zero-order valence-electron chi connectivity index (χ0n) is 11.8. The fraction of sp³-hybridized carbons (Fsp3) is 0.385. The Morgan fingerprint density at radius 2 is 1.76 bits per heavy atom. The van der Waals surface area contributed by atoms with Gasteiger partial charge in [0.2, 0.25) is 10.0 Å². The third-order valence-electron chi connectivity index (χ3n) is 3.08. The molecule has 0 radical (unpaired) electrons. The lowest BCUT2D eigenvalue weighted by Gasteiger charge is -2.13. The second kappa shape index (κ2) is 5.82. The van der Waals surface area contributed by atoms with Crippen LogP contribution in [0.15, 0.2) is 32.7 Å². The summed E-state index contributed by atoms with van der Waals surface area (Å²) < 4.78 is 27.0. The first kappa shape index (κ1) is 15.5. The molecule has 0 aliphatic rings. The minimum atomic E-state index is -3.66. The molecule has 21 heavy (non-hydrogen) atoms. The van der Waals surface area contributed by atoms with Gasteiger partial charge in [0.15, 0.2) is 0 Å². The van der Waals surface area contributed by atoms with Crippen molar-refractivity contribution in [3.8, 4) is 0 Å². The van der Waals surface area contributed by atoms with Crippen molar-refractivity contribution in [2.24, 2.45) is 0 Å². The molecule has 7 nitrogen and oxygen atoms in total. The third-order valence-corrected chi connectivity index (χ3v) is 4.67. The lowest BCUT2D eigenvalue weighted by Crippen LogP contribution is -2.32. The molecule has 0 bridgehead atoms. The van der Waals surface area contributed by atoms with E-state index >= 15 is 0 Å². The molecule has 0 saturated heterocycles. The molecule has 0 aliphatic carbocycles. The smallest absolute Gasteiger partial charge is 0.314 e. The summed E-state index contributed by atoms with van der Waals surface area (Å²) in [6.07, 6.45) is 1.60. The molecule has 8 heteroatoms. The Balaban J connectivity index is 2.45. The standard InChI is InChI=1S/C13H17N3O4S/c1-3-4-8(2)16-21(19,20)9-5-6-10-11(7-9)15-13(18)12(17)14-10/h5-8,16H,3-4H2,1-2H3,(H,14,17)(H,15,18). The molecule has 3 N–H and O–H groups in total. The van der Waals surface area contributed by atoms with Gasteiger partial charge in [-0.2, -0.15) is 0 Å². The van der Waals surface area contributed by atoms with Gasteiger partial charge in [0.1, 0.15) is 0 Å². The number of aromatic amines is 2. The fourth-order valence-corrected chi connectivity index (χ4v) is 3.39. The Morgan fingerprint density at radius 3 is 2.38 bits per heavy atom. The molecule has 0 fully saturated rings. The minimum Gasteiger partial charge on any atom is -0.316 e. The fourth-order valence-electron chi connectivity index (χ4n) is 2.09. The van der Waals surface area contributed by atoms with E-state index in [9.17, 15) is 18.0 Å². The molecule has 1 aromatic heterocycles. The lowest BCUT2D eigenvalue weighted by atomic mass is 10.2. The van der Waals surface area contributed by atoms with Gasteiger partial charge in [-0.25, -0.2) is 13.1 Å². The molecule has 0 saturated carbocycles. The lowest BCUT2D eigenvalue weighted by molar-refractivity contribution is 0.544. The highest BCUT2D eigenvalue weighted by atomic mass is 32.2. The molecule has 0 amide bonds. The summed E-state index contributed by atoms with van der Waals surface area (Å²) in [5.74, 6) is 0. The average Bonchev–Trinajstić information content (AvgIpc) is 2.39. The highest BCUT2D eigenvalue weighted by Crippen LogP contribution is 2.15. The second-order valence-electron chi connectivity index (χ2n) is 4.93. The van der Waals surface area contributed by atoms with Crippen molar-refractivity contribution >= 4 is 21.1 Å². The van der Waals surface area contributed by atoms with Gasteiger partial charge in [0.25, 0.3) is 0 Å². The summed E-state index contributed by atoms with van der Waals surface area (Å²) in [6.45, 7) is 3.77. The first-order valence-electron chi connectivity index (χ1n) is 6.62. The topological polar surface area (TPSA) is 112 Å². The Morgan fingerprint density at radius 1 is 1.14 bits per heavy atom. The van der Waals surface area contributed by atoms with Crippen LogP contribution in [0.2, 0.25) is 0 Å². The Hall–Kier alpha value is -1.93. The monoisotopic (exact) mass is 311 g/mol. The summed E-state index contributed by atoms with van der Waals surface area (Å²) in [6, 6.07) is 3.99. The van der Waals surface area contributed by atoms with E-state index in [0.29, 0.717) is 5.52 Å². The largest absolute Gasteiger partial charge is 0.316 e. The summed E-state index contributed by atoms with van der Waals surface area (Å²) in [7, 11) is -3.66. The number of rotatable bonds is 5. The van der Waals surface area contributed by atoms with E-state index in [0.717, 1.165) is 12.8 Å². The molecule has 1 heterocycles. The predicted octanol–water partition coefficient (Wildman–Crippen LogP) is 0.683. The van der Waals surface area contributed by atoms with Crippen LogP contribution < -0.4 is 15.8 Å². The zero-order chi connectivity index (χ0) is 15.6. The van der Waals surface area contributed by atoms with E-state index < -0.39 is 21.1 Å². The summed E-state index contributed by atoms with van der Waals surface area (Å²) >= 11 is 0. The van der Waals surface area contributed by atoms with Gasteiger partial charge in [-0.3, -0.25) is 9.59 Å². The number of sulfonamides is 1. The molecule has 2 rings (SSSR count). The van der Waals surface area contributed by atoms with Crippen LogP contribution in [-0.4, -0.2) is 24.4 Å². The molecular formula is C13H17N3O4S. The first-order valence-corrected chi connectivity index (χ1v) is 8.10. The van der Waals surface area contributed by atoms with Crippen LogP contribution in [0, 0.1) is 0 Å². The normalized spacial score (nSPS) is 13.4. The second-order valence-corrected chi connectivity index (χ2v) is 6.64. The van der Waals surface area contributed by atoms with E-state index in [1.54, 1.807) is 6.92 Å². The van der Waals surface area contributed by atoms with Crippen LogP contribution in [0.1, 0.15) is 26.7 Å². The van der Waals surface area contributed by atoms with Gasteiger partial charge < -0.3 is 9.97 Å². The number of H-pyrrole nitrogens is 2. The van der Waals surface area contributed by atoms with E-state index in [4.69, 9.17) is 0 Å². The Bertz CT molecular complexity index is 867. The van der Waals surface area contributed by atoms with Crippen molar-refractivity contribution in [3.63, 3.8) is 0 Å². The highest BCUT2D eigenvalue weighted by molar-refractivity contribution is 7.89. The number of nitrogens with one attached hydrogen (secondary N) is 3. The number of fused-ring (bicyclic) bond motifs is 1. The maximum Gasteiger partial charge on any atom is 0.314 e. The van der Waals surface area contributed by atoms with Crippen molar-refractivity contribution in [2.45, 2.75) is 37.6 Å². The van der Waals surface area contributed by atoms with Crippen molar-refractivity contribution in [1.82, 2.24) is 14.7 Å². The van der Waals surface area contributed by atoms with Gasteiger partial charge in [0.05, 0.1) is 15.9 Å². The van der Waals surface area contributed by atoms with Crippen LogP contribution in [-0.2, 0) is 10.0 Å². The Labute approximate surface area is 121 Å². The first-order chi connectivity index (χ1) is 9.83. The molecule has 114 valence electrons. The van der Waals surface area contributed by atoms with Crippen molar-refractivity contribution in [2.75, 3.05) is 0 Å². The van der Waals surface area contributed by atoms with Crippen LogP contribution in [0.5, 0.6) is 0 Å². The van der Waals surface area contributed by atoms with Gasteiger partial charge in [-0.1, -0.05) is 13.3 Å². The van der Waals surface area contributed by atoms with Crippen LogP contribution in [0.25, 0.3) is 11.0 Å². The molecular weight excluding hydrogens is 294 g/mol. The maximum absolute atomic E-state index is 12.2. The number of benzene rings is 1. The van der Waals surface area contributed by atoms with Gasteiger partial charge >= 0.3 is 11.1 Å². The molecule has 1 unspecified atom stereocenters. The molecule has 1 aromatic carbocycles. The van der Waals surface area contributed by atoms with Crippen molar-refractivity contribution in [3.05, 3.63) is 38.9 Å². The number of hydrogen-bond donors (Lipinski definition) is 3. The third kappa shape index (κ3) is 3.40. The van der Waals surface area contributed by atoms with Gasteiger partial charge in [0, 0.05) is 6.04 Å². The number of aromatic nitrogens is 2. The minimum absolute atomic E-state index is 0.0423. The molecule has 0 spiro atoms. The van der Waals surface area contributed by atoms with Crippen molar-refractivity contribution < 1.29 is 8.42 Å². The zero-order valence-corrected chi connectivity index (χ0v) is 12.6. The van der Waals surface area contributed by atoms with Gasteiger partial charge in [-0.15, -0.1) is 0 Å². The van der Waals surface area contributed by atoms with E-state index in [1.807, 2.05) is 6.92 Å².